The van der Waals surface area contributed by atoms with Crippen molar-refractivity contribution in [3.05, 3.63) is 0 Å². The highest BCUT2D eigenvalue weighted by atomic mass is 16.5. The quantitative estimate of drug-likeness (QED) is 0.457. The zero-order chi connectivity index (χ0) is 26.6. The van der Waals surface area contributed by atoms with Crippen LogP contribution in [0.25, 0.3) is 0 Å². The van der Waals surface area contributed by atoms with Crippen molar-refractivity contribution in [2.45, 2.75) is 94.9 Å². The van der Waals surface area contributed by atoms with Gasteiger partial charge in [0.25, 0.3) is 0 Å². The first-order valence-electron chi connectivity index (χ1n) is 13.6. The fourth-order valence-corrected chi connectivity index (χ4v) is 4.21. The van der Waals surface area contributed by atoms with Gasteiger partial charge in [-0.2, -0.15) is 0 Å². The van der Waals surface area contributed by atoms with Crippen LogP contribution in [-0.2, 0) is 4.74 Å². The number of ether oxygens (including phenoxy) is 1. The van der Waals surface area contributed by atoms with Crippen LogP contribution >= 0.6 is 0 Å². The molecule has 4 heteroatoms. The Balaban J connectivity index is -0.000000393. The second-order valence-corrected chi connectivity index (χ2v) is 12.1. The Kier molecular flexibility index (Phi) is 26.7. The predicted molar refractivity (Wildman–Crippen MR) is 148 cm³/mol. The standard InChI is InChI=1S/C10H21NO.C10H20O.2C4H10.CH4O/c1-8(2)10-4-9(7-12)5-11(3)6-10;1-8(2)10-5-4-9(6-10)7-11-3;2*1-4(2)3;1-2/h8-10,12H,4-7H2,1-3H3;8-10H,4-7H2,1-3H3;2*4H,1-3H3;2H,1H3. The number of hydrogen-bond acceptors (Lipinski definition) is 4. The van der Waals surface area contributed by atoms with Crippen molar-refractivity contribution >= 4 is 0 Å². The van der Waals surface area contributed by atoms with Crippen LogP contribution in [0.15, 0.2) is 0 Å². The van der Waals surface area contributed by atoms with Gasteiger partial charge in [-0.1, -0.05) is 69.2 Å². The summed E-state index contributed by atoms with van der Waals surface area (Å²) in [7, 11) is 4.96. The first-order chi connectivity index (χ1) is 15.3. The van der Waals surface area contributed by atoms with Crippen LogP contribution < -0.4 is 0 Å². The minimum absolute atomic E-state index is 0.355. The highest BCUT2D eigenvalue weighted by molar-refractivity contribution is 4.79. The zero-order valence-corrected chi connectivity index (χ0v) is 25.0. The highest BCUT2D eigenvalue weighted by Gasteiger charge is 2.27. The van der Waals surface area contributed by atoms with E-state index < -0.39 is 0 Å². The summed E-state index contributed by atoms with van der Waals surface area (Å²) in [6.07, 6.45) is 5.41. The van der Waals surface area contributed by atoms with Gasteiger partial charge in [0.05, 0.1) is 0 Å². The van der Waals surface area contributed by atoms with Crippen molar-refractivity contribution in [2.75, 3.05) is 47.6 Å². The third-order valence-corrected chi connectivity index (χ3v) is 5.88. The van der Waals surface area contributed by atoms with Crippen LogP contribution in [0.3, 0.4) is 0 Å². The molecule has 4 nitrogen and oxygen atoms in total. The molecule has 2 aliphatic rings. The van der Waals surface area contributed by atoms with E-state index in [0.29, 0.717) is 12.5 Å². The summed E-state index contributed by atoms with van der Waals surface area (Å²) < 4.78 is 5.15. The van der Waals surface area contributed by atoms with Gasteiger partial charge < -0.3 is 19.8 Å². The molecule has 0 radical (unpaired) electrons. The van der Waals surface area contributed by atoms with Gasteiger partial charge >= 0.3 is 0 Å². The van der Waals surface area contributed by atoms with Gasteiger partial charge in [-0.15, -0.1) is 0 Å². The monoisotopic (exact) mass is 475 g/mol. The second kappa shape index (κ2) is 23.6. The third kappa shape index (κ3) is 24.8. The van der Waals surface area contributed by atoms with E-state index in [1.807, 2.05) is 7.11 Å². The minimum Gasteiger partial charge on any atom is -0.400 e. The Bertz CT molecular complexity index is 374. The van der Waals surface area contributed by atoms with Crippen molar-refractivity contribution in [3.63, 3.8) is 0 Å². The lowest BCUT2D eigenvalue weighted by Crippen LogP contribution is -2.40. The Hall–Kier alpha value is -0.160. The third-order valence-electron chi connectivity index (χ3n) is 5.88. The van der Waals surface area contributed by atoms with Crippen LogP contribution in [-0.4, -0.2) is 62.7 Å². The van der Waals surface area contributed by atoms with Crippen molar-refractivity contribution in [3.8, 4) is 0 Å². The summed E-state index contributed by atoms with van der Waals surface area (Å²) in [5, 5.41) is 16.1. The second-order valence-electron chi connectivity index (χ2n) is 12.1. The van der Waals surface area contributed by atoms with Crippen molar-refractivity contribution in [2.24, 2.45) is 47.3 Å². The summed E-state index contributed by atoms with van der Waals surface area (Å²) in [5.41, 5.74) is 0. The molecular weight excluding hydrogens is 410 g/mol. The molecule has 2 fully saturated rings. The van der Waals surface area contributed by atoms with Crippen LogP contribution in [0.5, 0.6) is 0 Å². The molecule has 1 saturated carbocycles. The maximum atomic E-state index is 9.08. The largest absolute Gasteiger partial charge is 0.400 e. The summed E-state index contributed by atoms with van der Waals surface area (Å²) in [4.78, 5) is 2.34. The molecule has 0 spiro atoms. The van der Waals surface area contributed by atoms with Gasteiger partial charge in [0.2, 0.25) is 0 Å². The lowest BCUT2D eigenvalue weighted by atomic mass is 9.83. The molecule has 1 saturated heterocycles. The molecule has 0 aromatic carbocycles. The van der Waals surface area contributed by atoms with Gasteiger partial charge in [-0.25, -0.2) is 0 Å². The number of aliphatic hydroxyl groups is 2. The molecule has 0 bridgehead atoms. The van der Waals surface area contributed by atoms with E-state index in [2.05, 4.69) is 81.2 Å². The van der Waals surface area contributed by atoms with Gasteiger partial charge in [0.1, 0.15) is 0 Å². The Morgan fingerprint density at radius 3 is 1.48 bits per heavy atom. The lowest BCUT2D eigenvalue weighted by Gasteiger charge is -2.36. The van der Waals surface area contributed by atoms with E-state index >= 15 is 0 Å². The van der Waals surface area contributed by atoms with E-state index in [9.17, 15) is 0 Å². The minimum atomic E-state index is 0.355. The fraction of sp³-hybridized carbons (Fsp3) is 1.00. The number of likely N-dealkylation sites (tertiary alicyclic amines) is 1. The molecule has 2 N–H and O–H groups in total. The first-order valence-corrected chi connectivity index (χ1v) is 13.6. The Labute approximate surface area is 209 Å². The number of rotatable bonds is 5. The molecule has 0 amide bonds. The predicted octanol–water partition coefficient (Wildman–Crippen LogP) is 6.84. The molecule has 1 aliphatic heterocycles. The Morgan fingerprint density at radius 1 is 0.727 bits per heavy atom. The summed E-state index contributed by atoms with van der Waals surface area (Å²) in [6, 6.07) is 0. The van der Waals surface area contributed by atoms with E-state index in [1.165, 1.54) is 32.2 Å². The van der Waals surface area contributed by atoms with Gasteiger partial charge in [0, 0.05) is 40.5 Å². The van der Waals surface area contributed by atoms with E-state index in [1.54, 1.807) is 0 Å². The smallest absolute Gasteiger partial charge is 0.0490 e. The van der Waals surface area contributed by atoms with Gasteiger partial charge in [-0.3, -0.25) is 0 Å². The summed E-state index contributed by atoms with van der Waals surface area (Å²) >= 11 is 0. The number of methoxy groups -OCH3 is 1. The van der Waals surface area contributed by atoms with Crippen molar-refractivity contribution in [1.82, 2.24) is 4.90 Å². The molecule has 204 valence electrons. The van der Waals surface area contributed by atoms with Gasteiger partial charge in [-0.05, 0) is 80.1 Å². The first kappa shape index (κ1) is 37.4. The van der Waals surface area contributed by atoms with E-state index in [0.717, 1.165) is 61.7 Å². The van der Waals surface area contributed by atoms with Gasteiger partial charge in [0.15, 0.2) is 0 Å². The highest BCUT2D eigenvalue weighted by Crippen LogP contribution is 2.35. The van der Waals surface area contributed by atoms with Crippen LogP contribution in [0.1, 0.15) is 94.9 Å². The van der Waals surface area contributed by atoms with Crippen LogP contribution in [0.2, 0.25) is 0 Å². The normalized spacial score (nSPS) is 24.8. The lowest BCUT2D eigenvalue weighted by molar-refractivity contribution is 0.0832. The molecule has 1 aliphatic carbocycles. The van der Waals surface area contributed by atoms with Crippen molar-refractivity contribution < 1.29 is 14.9 Å². The molecule has 4 atom stereocenters. The number of piperidine rings is 1. The van der Waals surface area contributed by atoms with E-state index in [4.69, 9.17) is 14.9 Å². The molecular formula is C29H65NO3. The fourth-order valence-electron chi connectivity index (χ4n) is 4.21. The van der Waals surface area contributed by atoms with E-state index in [-0.39, 0.29) is 0 Å². The molecule has 0 aromatic rings. The average molecular weight is 476 g/mol. The maximum absolute atomic E-state index is 9.08. The molecule has 4 unspecified atom stereocenters. The maximum Gasteiger partial charge on any atom is 0.0490 e. The number of aliphatic hydroxyl groups excluding tert-OH is 2. The molecule has 1 heterocycles. The van der Waals surface area contributed by atoms with Crippen molar-refractivity contribution in [1.29, 1.82) is 0 Å². The zero-order valence-electron chi connectivity index (χ0n) is 25.0. The number of hydrogen-bond donors (Lipinski definition) is 2. The summed E-state index contributed by atoms with van der Waals surface area (Å²) in [6.45, 7) is 25.8. The summed E-state index contributed by atoms with van der Waals surface area (Å²) in [5.74, 6) is 6.40. The SMILES string of the molecule is CC(C)C.CC(C)C.CC(C)C1CC(CO)CN(C)C1.CO.COCC1CCC(C(C)C)C1. The molecule has 33 heavy (non-hydrogen) atoms. The van der Waals surface area contributed by atoms with Crippen LogP contribution in [0, 0.1) is 47.3 Å². The van der Waals surface area contributed by atoms with Crippen LogP contribution in [0.4, 0.5) is 0 Å². The topological polar surface area (TPSA) is 52.9 Å². The molecule has 0 aromatic heterocycles. The number of nitrogens with zero attached hydrogens (tertiary/aromatic N) is 1. The Morgan fingerprint density at radius 2 is 1.15 bits per heavy atom. The average Bonchev–Trinajstić information content (AvgIpc) is 3.18. The molecule has 2 rings (SSSR count).